The number of fused-ring (bicyclic) bond motifs is 1. The first-order chi connectivity index (χ1) is 20.4. The topological polar surface area (TPSA) is 216 Å². The molecule has 1 saturated heterocycles. The highest BCUT2D eigenvalue weighted by atomic mass is 31.2. The SMILES string of the molecule is COC(=O)[C@H](C)N[P@](=O)(OC[C@@]1(C#N)OC[C@](OC(C)=O)(c2ccc3c(N)ncnn23)[C@@H]1OC(C)=O)Oc1ccccc1. The zero-order chi connectivity index (χ0) is 31.4. The zero-order valence-electron chi connectivity index (χ0n) is 23.6. The standard InChI is InChI=1S/C26H29N6O10P/c1-16(23(35)37-4)31-43(36,42-19-8-6-5-7-9-19)39-13-25(12-27)24(40-17(2)33)26(14-38-25,41-18(3)34)21-11-10-20-22(28)29-15-30-32(20)21/h5-11,15-16,24H,13-14H2,1-4H3,(H,31,36)(H2,28,29,30)/t16-,24+,25+,26-,43-/m0/s1. The fourth-order valence-corrected chi connectivity index (χ4v) is 6.11. The van der Waals surface area contributed by atoms with Crippen LogP contribution in [0.5, 0.6) is 5.75 Å². The molecule has 1 aromatic carbocycles. The number of para-hydroxylation sites is 1. The minimum atomic E-state index is -4.48. The van der Waals surface area contributed by atoms with E-state index in [1.807, 2.05) is 6.07 Å². The van der Waals surface area contributed by atoms with Gasteiger partial charge in [0.1, 0.15) is 36.3 Å². The van der Waals surface area contributed by atoms with E-state index in [1.54, 1.807) is 24.3 Å². The molecule has 2 aromatic heterocycles. The molecule has 3 heterocycles. The van der Waals surface area contributed by atoms with Crippen molar-refractivity contribution in [1.29, 1.82) is 5.26 Å². The maximum Gasteiger partial charge on any atom is 0.459 e. The van der Waals surface area contributed by atoms with Gasteiger partial charge in [-0.1, -0.05) is 18.2 Å². The minimum Gasteiger partial charge on any atom is -0.468 e. The minimum absolute atomic E-state index is 0.0989. The predicted octanol–water partition coefficient (Wildman–Crippen LogP) is 1.65. The van der Waals surface area contributed by atoms with E-state index in [0.29, 0.717) is 5.52 Å². The van der Waals surface area contributed by atoms with Crippen molar-refractivity contribution in [3.8, 4) is 11.8 Å². The number of anilines is 1. The number of ether oxygens (including phenoxy) is 4. The van der Waals surface area contributed by atoms with Gasteiger partial charge in [0, 0.05) is 13.8 Å². The average Bonchev–Trinajstić information content (AvgIpc) is 3.53. The number of esters is 3. The Morgan fingerprint density at radius 3 is 2.58 bits per heavy atom. The molecule has 0 aliphatic carbocycles. The molecule has 1 aliphatic rings. The van der Waals surface area contributed by atoms with Gasteiger partial charge in [0.05, 0.1) is 19.4 Å². The van der Waals surface area contributed by atoms with Gasteiger partial charge in [0.2, 0.25) is 11.2 Å². The summed E-state index contributed by atoms with van der Waals surface area (Å²) >= 11 is 0. The normalized spacial score (nSPS) is 23.5. The number of nitriles is 1. The molecule has 16 nitrogen and oxygen atoms in total. The van der Waals surface area contributed by atoms with Crippen molar-refractivity contribution in [1.82, 2.24) is 19.7 Å². The number of nitrogens with zero attached hydrogens (tertiary/aromatic N) is 4. The van der Waals surface area contributed by atoms with Gasteiger partial charge in [-0.3, -0.25) is 18.9 Å². The van der Waals surface area contributed by atoms with Gasteiger partial charge in [0.25, 0.3) is 0 Å². The first kappa shape index (κ1) is 31.4. The van der Waals surface area contributed by atoms with Crippen LogP contribution in [-0.4, -0.2) is 70.6 Å². The number of nitrogens with one attached hydrogen (secondary N) is 1. The molecule has 4 rings (SSSR count). The van der Waals surface area contributed by atoms with Crippen LogP contribution in [-0.2, 0) is 48.0 Å². The summed E-state index contributed by atoms with van der Waals surface area (Å²) in [5, 5.41) is 17.1. The Morgan fingerprint density at radius 2 is 1.95 bits per heavy atom. The largest absolute Gasteiger partial charge is 0.468 e. The fourth-order valence-electron chi connectivity index (χ4n) is 4.59. The highest BCUT2D eigenvalue weighted by molar-refractivity contribution is 7.52. The second kappa shape index (κ2) is 12.4. The number of benzene rings is 1. The van der Waals surface area contributed by atoms with Gasteiger partial charge < -0.3 is 29.2 Å². The highest BCUT2D eigenvalue weighted by Crippen LogP contribution is 2.50. The molecule has 5 atom stereocenters. The van der Waals surface area contributed by atoms with Gasteiger partial charge in [-0.2, -0.15) is 15.4 Å². The van der Waals surface area contributed by atoms with E-state index in [-0.39, 0.29) is 17.3 Å². The van der Waals surface area contributed by atoms with Crippen LogP contribution in [0.3, 0.4) is 0 Å². The van der Waals surface area contributed by atoms with E-state index >= 15 is 0 Å². The first-order valence-electron chi connectivity index (χ1n) is 12.7. The van der Waals surface area contributed by atoms with Crippen LogP contribution in [0.15, 0.2) is 48.8 Å². The smallest absolute Gasteiger partial charge is 0.459 e. The summed E-state index contributed by atoms with van der Waals surface area (Å²) in [6.07, 6.45) is -0.528. The van der Waals surface area contributed by atoms with Gasteiger partial charge in [-0.05, 0) is 31.2 Å². The molecule has 0 bridgehead atoms. The van der Waals surface area contributed by atoms with Crippen molar-refractivity contribution in [2.45, 2.75) is 44.1 Å². The number of methoxy groups -OCH3 is 1. The Kier molecular flexibility index (Phi) is 9.02. The highest BCUT2D eigenvalue weighted by Gasteiger charge is 2.67. The molecule has 43 heavy (non-hydrogen) atoms. The number of nitrogens with two attached hydrogens (primary N) is 1. The first-order valence-corrected chi connectivity index (χ1v) is 14.3. The molecule has 1 aliphatic heterocycles. The summed E-state index contributed by atoms with van der Waals surface area (Å²) in [7, 11) is -3.34. The zero-order valence-corrected chi connectivity index (χ0v) is 24.5. The van der Waals surface area contributed by atoms with E-state index in [4.69, 9.17) is 33.7 Å². The quantitative estimate of drug-likeness (QED) is 0.178. The Morgan fingerprint density at radius 1 is 1.23 bits per heavy atom. The Hall–Kier alpha value is -4.55. The van der Waals surface area contributed by atoms with Gasteiger partial charge >= 0.3 is 25.7 Å². The van der Waals surface area contributed by atoms with Crippen LogP contribution in [0.2, 0.25) is 0 Å². The molecule has 3 aromatic rings. The molecule has 0 saturated carbocycles. The summed E-state index contributed by atoms with van der Waals surface area (Å²) < 4.78 is 48.6. The van der Waals surface area contributed by atoms with E-state index in [2.05, 4.69) is 15.2 Å². The van der Waals surface area contributed by atoms with E-state index in [1.165, 1.54) is 29.6 Å². The van der Waals surface area contributed by atoms with E-state index in [0.717, 1.165) is 27.3 Å². The Bertz CT molecular complexity index is 1610. The summed E-state index contributed by atoms with van der Waals surface area (Å²) in [5.74, 6) is -2.24. The number of rotatable bonds is 11. The van der Waals surface area contributed by atoms with Gasteiger partial charge in [0.15, 0.2) is 11.9 Å². The van der Waals surface area contributed by atoms with Crippen molar-refractivity contribution in [2.24, 2.45) is 0 Å². The number of hydrogen-bond acceptors (Lipinski definition) is 14. The molecular weight excluding hydrogens is 587 g/mol. The maximum atomic E-state index is 14.0. The third kappa shape index (κ3) is 6.30. The number of carbonyl (C=O) groups is 3. The van der Waals surface area contributed by atoms with Crippen LogP contribution in [0.25, 0.3) is 5.52 Å². The van der Waals surface area contributed by atoms with Crippen LogP contribution in [0.4, 0.5) is 5.82 Å². The van der Waals surface area contributed by atoms with Crippen molar-refractivity contribution in [3.63, 3.8) is 0 Å². The van der Waals surface area contributed by atoms with E-state index < -0.39 is 62.2 Å². The number of hydrogen-bond donors (Lipinski definition) is 2. The summed E-state index contributed by atoms with van der Waals surface area (Å²) in [5.41, 5.74) is 2.27. The Balaban J connectivity index is 1.78. The number of aromatic nitrogens is 3. The maximum absolute atomic E-state index is 14.0. The predicted molar refractivity (Wildman–Crippen MR) is 146 cm³/mol. The monoisotopic (exact) mass is 616 g/mol. The molecule has 3 N–H and O–H groups in total. The fraction of sp³-hybridized carbons (Fsp3) is 0.385. The molecule has 0 radical (unpaired) electrons. The van der Waals surface area contributed by atoms with Crippen molar-refractivity contribution < 1.29 is 46.9 Å². The molecule has 0 unspecified atom stereocenters. The lowest BCUT2D eigenvalue weighted by molar-refractivity contribution is -0.184. The molecule has 17 heteroatoms. The van der Waals surface area contributed by atoms with Crippen LogP contribution in [0, 0.1) is 11.3 Å². The molecule has 0 amide bonds. The third-order valence-electron chi connectivity index (χ3n) is 6.43. The van der Waals surface area contributed by atoms with Gasteiger partial charge in [-0.15, -0.1) is 0 Å². The molecule has 0 spiro atoms. The molecule has 1 fully saturated rings. The second-order valence-corrected chi connectivity index (χ2v) is 11.2. The summed E-state index contributed by atoms with van der Waals surface area (Å²) in [6, 6.07) is 11.7. The summed E-state index contributed by atoms with van der Waals surface area (Å²) in [6.45, 7) is 2.19. The molecule has 228 valence electrons. The lowest BCUT2D eigenvalue weighted by Crippen LogP contribution is -2.54. The second-order valence-electron chi connectivity index (χ2n) is 9.47. The Labute approximate surface area is 245 Å². The lowest BCUT2D eigenvalue weighted by atomic mass is 9.85. The summed E-state index contributed by atoms with van der Waals surface area (Å²) in [4.78, 5) is 40.9. The third-order valence-corrected chi connectivity index (χ3v) is 8.05. The molecular formula is C26H29N6O10P. The van der Waals surface area contributed by atoms with Gasteiger partial charge in [-0.25, -0.2) is 14.1 Å². The van der Waals surface area contributed by atoms with Crippen LogP contribution in [0.1, 0.15) is 26.5 Å². The van der Waals surface area contributed by atoms with Crippen molar-refractivity contribution in [3.05, 3.63) is 54.5 Å². The van der Waals surface area contributed by atoms with Crippen LogP contribution >= 0.6 is 7.75 Å². The van der Waals surface area contributed by atoms with Crippen molar-refractivity contribution >= 4 is 37.0 Å². The average molecular weight is 617 g/mol. The van der Waals surface area contributed by atoms with Crippen LogP contribution < -0.4 is 15.3 Å². The lowest BCUT2D eigenvalue weighted by Gasteiger charge is -2.36. The van der Waals surface area contributed by atoms with E-state index in [9.17, 15) is 24.2 Å². The van der Waals surface area contributed by atoms with Crippen molar-refractivity contribution in [2.75, 3.05) is 26.1 Å². The number of carbonyl (C=O) groups excluding carboxylic acids is 3. The number of nitrogen functional groups attached to an aromatic ring is 1.